The lowest BCUT2D eigenvalue weighted by atomic mass is 9.86. The van der Waals surface area contributed by atoms with Gasteiger partial charge in [-0.15, -0.1) is 0 Å². The maximum absolute atomic E-state index is 9.46. The fraction of sp³-hybridized carbons (Fsp3) is 0.500. The average Bonchev–Trinajstić information content (AvgIpc) is 2.47. The van der Waals surface area contributed by atoms with E-state index in [-0.39, 0.29) is 22.3 Å². The van der Waals surface area contributed by atoms with Crippen molar-refractivity contribution in [2.75, 3.05) is 0 Å². The van der Waals surface area contributed by atoms with Gasteiger partial charge in [-0.1, -0.05) is 59.7 Å². The lowest BCUT2D eigenvalue weighted by Crippen LogP contribution is -2.10. The highest BCUT2D eigenvalue weighted by atomic mass is 16.3. The molecule has 0 unspecified atom stereocenters. The molecule has 158 valence electrons. The number of aliphatic hydroxyl groups is 1. The van der Waals surface area contributed by atoms with Gasteiger partial charge >= 0.3 is 0 Å². The number of phenolic OH excluding ortho intramolecular Hbond substituents is 3. The summed E-state index contributed by atoms with van der Waals surface area (Å²) in [5.41, 5.74) is 1.16. The molecule has 0 aliphatic heterocycles. The molecule has 0 spiro atoms. The van der Waals surface area contributed by atoms with Crippen LogP contribution < -0.4 is 0 Å². The molecule has 2 aromatic carbocycles. The van der Waals surface area contributed by atoms with E-state index in [1.165, 1.54) is 12.1 Å². The van der Waals surface area contributed by atoms with Gasteiger partial charge in [-0.2, -0.15) is 0 Å². The summed E-state index contributed by atoms with van der Waals surface area (Å²) < 4.78 is 0. The number of benzene rings is 2. The summed E-state index contributed by atoms with van der Waals surface area (Å²) >= 11 is 0. The highest BCUT2D eigenvalue weighted by molar-refractivity contribution is 5.42. The Bertz CT molecular complexity index is 723. The fourth-order valence-electron chi connectivity index (χ4n) is 2.23. The molecular weight excluding hydrogens is 352 g/mol. The number of rotatable bonds is 0. The first kappa shape index (κ1) is 25.8. The molecule has 0 amide bonds. The van der Waals surface area contributed by atoms with Crippen LogP contribution in [0, 0.1) is 0 Å². The van der Waals surface area contributed by atoms with Crippen LogP contribution in [0.25, 0.3) is 0 Å². The molecule has 4 N–H and O–H groups in total. The van der Waals surface area contributed by atoms with Gasteiger partial charge < -0.3 is 20.4 Å². The summed E-state index contributed by atoms with van der Waals surface area (Å²) in [5, 5.41) is 36.6. The molecule has 4 nitrogen and oxygen atoms in total. The van der Waals surface area contributed by atoms with E-state index in [1.54, 1.807) is 32.9 Å². The molecule has 28 heavy (non-hydrogen) atoms. The predicted octanol–water partition coefficient (Wildman–Crippen LogP) is 5.86. The van der Waals surface area contributed by atoms with Crippen molar-refractivity contribution in [2.24, 2.45) is 0 Å². The minimum Gasteiger partial charge on any atom is -0.508 e. The Balaban J connectivity index is 0.000000424. The lowest BCUT2D eigenvalue weighted by molar-refractivity contribution is 0.102. The normalized spacial score (nSPS) is 11.6. The summed E-state index contributed by atoms with van der Waals surface area (Å²) in [6.45, 7) is 17.4. The summed E-state index contributed by atoms with van der Waals surface area (Å²) in [4.78, 5) is 0. The Hall–Kier alpha value is -2.20. The maximum atomic E-state index is 9.46. The van der Waals surface area contributed by atoms with E-state index >= 15 is 0 Å². The van der Waals surface area contributed by atoms with E-state index in [9.17, 15) is 15.3 Å². The van der Waals surface area contributed by atoms with E-state index in [0.717, 1.165) is 11.1 Å². The second-order valence-corrected chi connectivity index (χ2v) is 9.89. The van der Waals surface area contributed by atoms with Gasteiger partial charge in [0.2, 0.25) is 0 Å². The molecule has 0 atom stereocenters. The molecule has 0 aliphatic rings. The zero-order chi connectivity index (χ0) is 22.3. The van der Waals surface area contributed by atoms with Crippen molar-refractivity contribution in [3.05, 3.63) is 53.6 Å². The van der Waals surface area contributed by atoms with Crippen molar-refractivity contribution in [2.45, 2.75) is 78.7 Å². The molecule has 0 heterocycles. The summed E-state index contributed by atoms with van der Waals surface area (Å²) in [5.74, 6) is 0.818. The smallest absolute Gasteiger partial charge is 0.119 e. The van der Waals surface area contributed by atoms with Gasteiger partial charge in [-0.05, 0) is 61.4 Å². The minimum absolute atomic E-state index is 0.0331. The van der Waals surface area contributed by atoms with Crippen molar-refractivity contribution in [3.8, 4) is 17.2 Å². The van der Waals surface area contributed by atoms with Crippen LogP contribution in [0.2, 0.25) is 0 Å². The second-order valence-electron chi connectivity index (χ2n) is 9.89. The van der Waals surface area contributed by atoms with Crippen LogP contribution in [0.5, 0.6) is 17.2 Å². The standard InChI is InChI=1S/C10H14O2.C10H14O.C4H10O/c1-10(2,3)8-6-7(11)4-5-9(8)12;1-10(2,3)8-6-4-5-7-9(8)11;1-4(2,3)5/h4-6,11-12H,1-3H3;4-7,11H,1-3H3;5H,1-3H3. The zero-order valence-electron chi connectivity index (χ0n) is 18.8. The molecular formula is C24H38O4. The Morgan fingerprint density at radius 1 is 0.571 bits per heavy atom. The van der Waals surface area contributed by atoms with Crippen molar-refractivity contribution >= 4 is 0 Å². The Morgan fingerprint density at radius 2 is 0.964 bits per heavy atom. The van der Waals surface area contributed by atoms with E-state index < -0.39 is 5.60 Å². The van der Waals surface area contributed by atoms with Gasteiger partial charge in [0.15, 0.2) is 0 Å². The van der Waals surface area contributed by atoms with E-state index in [0.29, 0.717) is 5.75 Å². The van der Waals surface area contributed by atoms with Crippen LogP contribution >= 0.6 is 0 Å². The fourth-order valence-corrected chi connectivity index (χ4v) is 2.23. The van der Waals surface area contributed by atoms with Gasteiger partial charge in [0.1, 0.15) is 17.2 Å². The molecule has 2 aromatic rings. The number of hydrogen-bond acceptors (Lipinski definition) is 4. The molecule has 4 heteroatoms. The van der Waals surface area contributed by atoms with Crippen LogP contribution in [0.1, 0.15) is 73.4 Å². The van der Waals surface area contributed by atoms with E-state index in [2.05, 4.69) is 20.8 Å². The summed E-state index contributed by atoms with van der Waals surface area (Å²) in [7, 11) is 0. The summed E-state index contributed by atoms with van der Waals surface area (Å²) in [6.07, 6.45) is 0. The first-order chi connectivity index (χ1) is 12.4. The summed E-state index contributed by atoms with van der Waals surface area (Å²) in [6, 6.07) is 12.0. The van der Waals surface area contributed by atoms with Crippen LogP contribution in [0.3, 0.4) is 0 Å². The van der Waals surface area contributed by atoms with Crippen molar-refractivity contribution in [3.63, 3.8) is 0 Å². The van der Waals surface area contributed by atoms with E-state index in [4.69, 9.17) is 5.11 Å². The van der Waals surface area contributed by atoms with Crippen LogP contribution in [0.4, 0.5) is 0 Å². The molecule has 2 rings (SSSR count). The lowest BCUT2D eigenvalue weighted by Gasteiger charge is -2.20. The van der Waals surface area contributed by atoms with Gasteiger partial charge in [0, 0.05) is 5.56 Å². The van der Waals surface area contributed by atoms with Crippen molar-refractivity contribution < 1.29 is 20.4 Å². The van der Waals surface area contributed by atoms with Gasteiger partial charge in [-0.3, -0.25) is 0 Å². The third-order valence-corrected chi connectivity index (χ3v) is 3.50. The number of aromatic hydroxyl groups is 3. The van der Waals surface area contributed by atoms with Crippen LogP contribution in [0.15, 0.2) is 42.5 Å². The largest absolute Gasteiger partial charge is 0.508 e. The Kier molecular flexibility index (Phi) is 9.06. The van der Waals surface area contributed by atoms with Crippen molar-refractivity contribution in [1.29, 1.82) is 0 Å². The highest BCUT2D eigenvalue weighted by Gasteiger charge is 2.18. The number of phenols is 3. The second kappa shape index (κ2) is 9.83. The minimum atomic E-state index is -0.500. The monoisotopic (exact) mass is 390 g/mol. The Morgan fingerprint density at radius 3 is 1.29 bits per heavy atom. The third-order valence-electron chi connectivity index (χ3n) is 3.50. The molecule has 0 aliphatic carbocycles. The molecule has 0 saturated heterocycles. The van der Waals surface area contributed by atoms with Gasteiger partial charge in [-0.25, -0.2) is 0 Å². The number of hydrogen-bond donors (Lipinski definition) is 4. The van der Waals surface area contributed by atoms with Crippen LogP contribution in [-0.4, -0.2) is 26.0 Å². The molecule has 0 radical (unpaired) electrons. The SMILES string of the molecule is CC(C)(C)O.CC(C)(C)c1cc(O)ccc1O.CC(C)(C)c1ccccc1O. The van der Waals surface area contributed by atoms with E-state index in [1.807, 2.05) is 39.0 Å². The van der Waals surface area contributed by atoms with Crippen molar-refractivity contribution in [1.82, 2.24) is 0 Å². The first-order valence-corrected chi connectivity index (χ1v) is 9.46. The average molecular weight is 391 g/mol. The zero-order valence-corrected chi connectivity index (χ0v) is 18.8. The maximum Gasteiger partial charge on any atom is 0.119 e. The van der Waals surface area contributed by atoms with Gasteiger partial charge in [0.25, 0.3) is 0 Å². The molecule has 0 fully saturated rings. The molecule has 0 bridgehead atoms. The van der Waals surface area contributed by atoms with Gasteiger partial charge in [0.05, 0.1) is 5.60 Å². The molecule has 0 saturated carbocycles. The first-order valence-electron chi connectivity index (χ1n) is 9.46. The number of para-hydroxylation sites is 1. The Labute approximate surface area is 170 Å². The third kappa shape index (κ3) is 10.8. The quantitative estimate of drug-likeness (QED) is 0.425. The predicted molar refractivity (Wildman–Crippen MR) is 117 cm³/mol. The molecule has 0 aromatic heterocycles. The topological polar surface area (TPSA) is 80.9 Å². The highest BCUT2D eigenvalue weighted by Crippen LogP contribution is 2.32. The van der Waals surface area contributed by atoms with Crippen LogP contribution in [-0.2, 0) is 10.8 Å².